The van der Waals surface area contributed by atoms with E-state index in [4.69, 9.17) is 5.73 Å². The lowest BCUT2D eigenvalue weighted by molar-refractivity contribution is 0.571. The van der Waals surface area contributed by atoms with E-state index >= 15 is 0 Å². The SMILES string of the molecule is CC(C(N)c1cnsc1)S(C)(=O)=O. The number of aromatic nitrogens is 1. The van der Waals surface area contributed by atoms with Crippen LogP contribution in [0.15, 0.2) is 11.6 Å². The maximum absolute atomic E-state index is 11.2. The minimum Gasteiger partial charge on any atom is -0.323 e. The molecule has 2 N–H and O–H groups in total. The molecule has 1 rings (SSSR count). The monoisotopic (exact) mass is 220 g/mol. The quantitative estimate of drug-likeness (QED) is 0.808. The number of sulfone groups is 1. The molecule has 74 valence electrons. The second-order valence-corrected chi connectivity index (χ2v) is 6.08. The van der Waals surface area contributed by atoms with E-state index in [1.165, 1.54) is 17.8 Å². The van der Waals surface area contributed by atoms with Gasteiger partial charge in [-0.2, -0.15) is 0 Å². The summed E-state index contributed by atoms with van der Waals surface area (Å²) in [4.78, 5) is 0. The van der Waals surface area contributed by atoms with Crippen LogP contribution in [0.5, 0.6) is 0 Å². The Morgan fingerprint density at radius 1 is 1.62 bits per heavy atom. The van der Waals surface area contributed by atoms with Crippen molar-refractivity contribution in [1.29, 1.82) is 0 Å². The van der Waals surface area contributed by atoms with E-state index in [9.17, 15) is 8.42 Å². The van der Waals surface area contributed by atoms with E-state index in [0.29, 0.717) is 0 Å². The summed E-state index contributed by atoms with van der Waals surface area (Å²) in [5, 5.41) is 1.20. The first-order valence-electron chi connectivity index (χ1n) is 3.76. The molecular formula is C7H12N2O2S2. The van der Waals surface area contributed by atoms with E-state index in [0.717, 1.165) is 5.56 Å². The Hall–Kier alpha value is -0.460. The molecule has 4 nitrogen and oxygen atoms in total. The minimum absolute atomic E-state index is 0.478. The zero-order valence-corrected chi connectivity index (χ0v) is 9.10. The van der Waals surface area contributed by atoms with Gasteiger partial charge in [-0.25, -0.2) is 12.8 Å². The topological polar surface area (TPSA) is 73.0 Å². The first-order valence-corrected chi connectivity index (χ1v) is 6.55. The van der Waals surface area contributed by atoms with Crippen LogP contribution in [0.2, 0.25) is 0 Å². The number of nitrogens with zero attached hydrogens (tertiary/aromatic N) is 1. The predicted molar refractivity (Wildman–Crippen MR) is 53.3 cm³/mol. The highest BCUT2D eigenvalue weighted by Gasteiger charge is 2.24. The van der Waals surface area contributed by atoms with Gasteiger partial charge in [0.2, 0.25) is 0 Å². The molecule has 1 aromatic rings. The molecule has 0 spiro atoms. The van der Waals surface area contributed by atoms with Gasteiger partial charge in [-0.3, -0.25) is 0 Å². The lowest BCUT2D eigenvalue weighted by Crippen LogP contribution is -2.30. The molecule has 0 amide bonds. The normalized spacial score (nSPS) is 16.8. The molecule has 0 aliphatic rings. The Balaban J connectivity index is 2.86. The minimum atomic E-state index is -3.08. The molecule has 6 heteroatoms. The van der Waals surface area contributed by atoms with Crippen LogP contribution in [0.4, 0.5) is 0 Å². The maximum atomic E-state index is 11.2. The third kappa shape index (κ3) is 2.49. The number of hydrogen-bond donors (Lipinski definition) is 1. The van der Waals surface area contributed by atoms with Crippen LogP contribution in [-0.2, 0) is 9.84 Å². The van der Waals surface area contributed by atoms with Crippen molar-refractivity contribution < 1.29 is 8.42 Å². The smallest absolute Gasteiger partial charge is 0.151 e. The molecule has 0 bridgehead atoms. The molecule has 0 aromatic carbocycles. The Bertz CT molecular complexity index is 358. The molecule has 1 aromatic heterocycles. The van der Waals surface area contributed by atoms with Gasteiger partial charge in [-0.15, -0.1) is 0 Å². The first-order chi connectivity index (χ1) is 5.93. The van der Waals surface area contributed by atoms with Crippen LogP contribution in [-0.4, -0.2) is 24.3 Å². The summed E-state index contributed by atoms with van der Waals surface area (Å²) in [6.45, 7) is 1.61. The average molecular weight is 220 g/mol. The standard InChI is InChI=1S/C7H12N2O2S2/c1-5(13(2,10)11)7(8)6-3-9-12-4-6/h3-5,7H,8H2,1-2H3. The van der Waals surface area contributed by atoms with E-state index in [1.54, 1.807) is 18.5 Å². The predicted octanol–water partition coefficient (Wildman–Crippen LogP) is 0.576. The van der Waals surface area contributed by atoms with Gasteiger partial charge >= 0.3 is 0 Å². The van der Waals surface area contributed by atoms with Crippen LogP contribution in [0.3, 0.4) is 0 Å². The highest BCUT2D eigenvalue weighted by molar-refractivity contribution is 7.91. The Kier molecular flexibility index (Phi) is 3.05. The molecule has 13 heavy (non-hydrogen) atoms. The zero-order valence-electron chi connectivity index (χ0n) is 7.47. The Morgan fingerprint density at radius 3 is 2.62 bits per heavy atom. The largest absolute Gasteiger partial charge is 0.323 e. The molecule has 0 fully saturated rings. The fraction of sp³-hybridized carbons (Fsp3) is 0.571. The van der Waals surface area contributed by atoms with E-state index < -0.39 is 21.1 Å². The summed E-state index contributed by atoms with van der Waals surface area (Å²) in [5.41, 5.74) is 6.54. The van der Waals surface area contributed by atoms with Crippen molar-refractivity contribution in [2.75, 3.05) is 6.26 Å². The maximum Gasteiger partial charge on any atom is 0.151 e. The second kappa shape index (κ2) is 3.73. The summed E-state index contributed by atoms with van der Waals surface area (Å²) in [5.74, 6) is 0. The van der Waals surface area contributed by atoms with E-state index in [2.05, 4.69) is 4.37 Å². The van der Waals surface area contributed by atoms with Gasteiger partial charge < -0.3 is 5.73 Å². The van der Waals surface area contributed by atoms with Gasteiger partial charge in [0.05, 0.1) is 5.25 Å². The summed E-state index contributed by atoms with van der Waals surface area (Å²) in [7, 11) is -3.08. The zero-order chi connectivity index (χ0) is 10.1. The van der Waals surface area contributed by atoms with Crippen LogP contribution in [0.1, 0.15) is 18.5 Å². The van der Waals surface area contributed by atoms with Gasteiger partial charge in [0.15, 0.2) is 9.84 Å². The van der Waals surface area contributed by atoms with Crippen molar-refractivity contribution in [3.05, 3.63) is 17.1 Å². The molecule has 0 radical (unpaired) electrons. The van der Waals surface area contributed by atoms with Gasteiger partial charge in [-0.05, 0) is 18.5 Å². The molecule has 0 aliphatic heterocycles. The summed E-state index contributed by atoms with van der Waals surface area (Å²) < 4.78 is 26.2. The van der Waals surface area contributed by atoms with Crippen molar-refractivity contribution in [1.82, 2.24) is 4.37 Å². The molecule has 1 heterocycles. The lowest BCUT2D eigenvalue weighted by atomic mass is 10.1. The van der Waals surface area contributed by atoms with Gasteiger partial charge in [-0.1, -0.05) is 0 Å². The van der Waals surface area contributed by atoms with Crippen molar-refractivity contribution in [3.8, 4) is 0 Å². The fourth-order valence-corrected chi connectivity index (χ4v) is 2.19. The van der Waals surface area contributed by atoms with E-state index in [-0.39, 0.29) is 0 Å². The molecule has 0 aliphatic carbocycles. The van der Waals surface area contributed by atoms with Gasteiger partial charge in [0.25, 0.3) is 0 Å². The molecule has 2 atom stereocenters. The van der Waals surface area contributed by atoms with Gasteiger partial charge in [0, 0.05) is 29.4 Å². The van der Waals surface area contributed by atoms with Crippen molar-refractivity contribution >= 4 is 21.4 Å². The highest BCUT2D eigenvalue weighted by atomic mass is 32.2. The number of nitrogens with two attached hydrogens (primary N) is 1. The molecule has 0 saturated carbocycles. The Morgan fingerprint density at radius 2 is 2.23 bits per heavy atom. The Labute approximate surface area is 81.9 Å². The third-order valence-corrected chi connectivity index (χ3v) is 4.27. The second-order valence-electron chi connectivity index (χ2n) is 3.02. The molecule has 2 unspecified atom stereocenters. The molecule has 0 saturated heterocycles. The van der Waals surface area contributed by atoms with Crippen molar-refractivity contribution in [3.63, 3.8) is 0 Å². The fourth-order valence-electron chi connectivity index (χ4n) is 0.915. The summed E-state index contributed by atoms with van der Waals surface area (Å²) in [6.07, 6.45) is 2.80. The molecular weight excluding hydrogens is 208 g/mol. The van der Waals surface area contributed by atoms with Crippen molar-refractivity contribution in [2.45, 2.75) is 18.2 Å². The summed E-state index contributed by atoms with van der Waals surface area (Å²) >= 11 is 1.27. The third-order valence-electron chi connectivity index (χ3n) is 2.02. The average Bonchev–Trinajstić information content (AvgIpc) is 2.51. The van der Waals surface area contributed by atoms with E-state index in [1.807, 2.05) is 0 Å². The number of rotatable bonds is 3. The summed E-state index contributed by atoms with van der Waals surface area (Å²) in [6, 6.07) is -0.478. The van der Waals surface area contributed by atoms with Crippen LogP contribution >= 0.6 is 11.5 Å². The van der Waals surface area contributed by atoms with Crippen LogP contribution in [0, 0.1) is 0 Å². The van der Waals surface area contributed by atoms with Gasteiger partial charge in [0.1, 0.15) is 0 Å². The van der Waals surface area contributed by atoms with Crippen molar-refractivity contribution in [2.24, 2.45) is 5.73 Å². The lowest BCUT2D eigenvalue weighted by Gasteiger charge is -2.16. The number of hydrogen-bond acceptors (Lipinski definition) is 5. The first kappa shape index (κ1) is 10.6. The highest BCUT2D eigenvalue weighted by Crippen LogP contribution is 2.19. The van der Waals surface area contributed by atoms with Crippen LogP contribution in [0.25, 0.3) is 0 Å². The van der Waals surface area contributed by atoms with Crippen LogP contribution < -0.4 is 5.73 Å².